The first-order valence-corrected chi connectivity index (χ1v) is 7.32. The highest BCUT2D eigenvalue weighted by molar-refractivity contribution is 5.03. The Morgan fingerprint density at radius 1 is 0.812 bits per heavy atom. The topological polar surface area (TPSA) is 0 Å². The van der Waals surface area contributed by atoms with Gasteiger partial charge in [0.15, 0.2) is 0 Å². The molecule has 0 radical (unpaired) electrons. The van der Waals surface area contributed by atoms with Gasteiger partial charge in [-0.2, -0.15) is 0 Å². The van der Waals surface area contributed by atoms with E-state index >= 15 is 0 Å². The lowest BCUT2D eigenvalue weighted by Gasteiger charge is -2.21. The summed E-state index contributed by atoms with van der Waals surface area (Å²) in [5.41, 5.74) is 1.49. The third-order valence-electron chi connectivity index (χ3n) is 3.75. The van der Waals surface area contributed by atoms with Crippen LogP contribution in [0.5, 0.6) is 0 Å². The summed E-state index contributed by atoms with van der Waals surface area (Å²) in [5, 5.41) is 0. The molecule has 0 aromatic rings. The van der Waals surface area contributed by atoms with Gasteiger partial charge in [0, 0.05) is 0 Å². The monoisotopic (exact) mass is 224 g/mol. The Bertz CT molecular complexity index is 151. The van der Waals surface area contributed by atoms with Crippen molar-refractivity contribution >= 4 is 0 Å². The summed E-state index contributed by atoms with van der Waals surface area (Å²) < 4.78 is 0. The number of hydrogen-bond donors (Lipinski definition) is 0. The molecule has 16 heavy (non-hydrogen) atoms. The zero-order valence-corrected chi connectivity index (χ0v) is 12.0. The molecule has 0 heteroatoms. The largest absolute Gasteiger partial charge is 0.0993 e. The molecule has 0 aliphatic carbocycles. The van der Waals surface area contributed by atoms with Crippen molar-refractivity contribution in [2.75, 3.05) is 0 Å². The first kappa shape index (κ1) is 15.7. The predicted molar refractivity (Wildman–Crippen MR) is 75.8 cm³/mol. The Morgan fingerprint density at radius 3 is 1.50 bits per heavy atom. The standard InChI is InChI=1S/C16H32/c1-6-8-10-12-14(3)16(5)15(4)13-11-9-7-2/h14-15H,5-13H2,1-4H3. The smallest absolute Gasteiger partial charge is 0.0232 e. The van der Waals surface area contributed by atoms with Gasteiger partial charge in [0.1, 0.15) is 0 Å². The zero-order valence-electron chi connectivity index (χ0n) is 12.0. The predicted octanol–water partition coefficient (Wildman–Crippen LogP) is 5.98. The lowest BCUT2D eigenvalue weighted by Crippen LogP contribution is -2.07. The molecule has 0 spiro atoms. The van der Waals surface area contributed by atoms with Crippen molar-refractivity contribution in [3.05, 3.63) is 12.2 Å². The fraction of sp³-hybridized carbons (Fsp3) is 0.875. The minimum absolute atomic E-state index is 0.725. The molecular weight excluding hydrogens is 192 g/mol. The van der Waals surface area contributed by atoms with E-state index in [1.165, 1.54) is 56.9 Å². The zero-order chi connectivity index (χ0) is 12.4. The summed E-state index contributed by atoms with van der Waals surface area (Å²) >= 11 is 0. The first-order chi connectivity index (χ1) is 7.63. The van der Waals surface area contributed by atoms with Gasteiger partial charge in [0.25, 0.3) is 0 Å². The van der Waals surface area contributed by atoms with E-state index in [-0.39, 0.29) is 0 Å². The van der Waals surface area contributed by atoms with E-state index in [2.05, 4.69) is 34.3 Å². The van der Waals surface area contributed by atoms with Gasteiger partial charge in [-0.05, 0) is 24.7 Å². The van der Waals surface area contributed by atoms with Gasteiger partial charge in [-0.15, -0.1) is 0 Å². The van der Waals surface area contributed by atoms with Crippen LogP contribution >= 0.6 is 0 Å². The number of rotatable bonds is 10. The van der Waals surface area contributed by atoms with Gasteiger partial charge in [-0.1, -0.05) is 78.4 Å². The lowest BCUT2D eigenvalue weighted by molar-refractivity contribution is 0.467. The Balaban J connectivity index is 3.73. The maximum absolute atomic E-state index is 4.31. The molecule has 0 aliphatic heterocycles. The first-order valence-electron chi connectivity index (χ1n) is 7.32. The van der Waals surface area contributed by atoms with Crippen molar-refractivity contribution in [1.29, 1.82) is 0 Å². The fourth-order valence-electron chi connectivity index (χ4n) is 2.26. The quantitative estimate of drug-likeness (QED) is 0.316. The molecule has 0 rings (SSSR count). The van der Waals surface area contributed by atoms with Crippen molar-refractivity contribution in [1.82, 2.24) is 0 Å². The maximum Gasteiger partial charge on any atom is -0.0232 e. The van der Waals surface area contributed by atoms with E-state index in [4.69, 9.17) is 0 Å². The van der Waals surface area contributed by atoms with Crippen molar-refractivity contribution in [3.8, 4) is 0 Å². The normalized spacial score (nSPS) is 14.8. The molecule has 0 bridgehead atoms. The molecule has 0 amide bonds. The Kier molecular flexibility index (Phi) is 9.77. The highest BCUT2D eigenvalue weighted by Gasteiger charge is 2.12. The lowest BCUT2D eigenvalue weighted by atomic mass is 9.85. The summed E-state index contributed by atoms with van der Waals surface area (Å²) in [6.07, 6.45) is 10.8. The van der Waals surface area contributed by atoms with Crippen LogP contribution in [0.4, 0.5) is 0 Å². The molecule has 0 nitrogen and oxygen atoms in total. The molecule has 0 aromatic carbocycles. The molecule has 0 N–H and O–H groups in total. The van der Waals surface area contributed by atoms with E-state index in [0.717, 1.165) is 11.8 Å². The molecule has 0 aromatic heterocycles. The van der Waals surface area contributed by atoms with Crippen LogP contribution in [-0.4, -0.2) is 0 Å². The average molecular weight is 224 g/mol. The summed E-state index contributed by atoms with van der Waals surface area (Å²) in [6.45, 7) is 13.6. The molecule has 2 unspecified atom stereocenters. The van der Waals surface area contributed by atoms with Crippen LogP contribution in [0.3, 0.4) is 0 Å². The molecule has 2 atom stereocenters. The second kappa shape index (κ2) is 9.93. The molecule has 0 fully saturated rings. The summed E-state index contributed by atoms with van der Waals surface area (Å²) in [4.78, 5) is 0. The minimum atomic E-state index is 0.725. The fourth-order valence-corrected chi connectivity index (χ4v) is 2.26. The van der Waals surface area contributed by atoms with Gasteiger partial charge in [0.2, 0.25) is 0 Å². The second-order valence-corrected chi connectivity index (χ2v) is 5.37. The van der Waals surface area contributed by atoms with E-state index in [0.29, 0.717) is 0 Å². The molecular formula is C16H32. The number of hydrogen-bond acceptors (Lipinski definition) is 0. The van der Waals surface area contributed by atoms with E-state index in [1.54, 1.807) is 0 Å². The van der Waals surface area contributed by atoms with Gasteiger partial charge in [-0.3, -0.25) is 0 Å². The maximum atomic E-state index is 4.31. The SMILES string of the molecule is C=C(C(C)CCCCC)C(C)CCCCC. The Labute approximate surface area is 104 Å². The van der Waals surface area contributed by atoms with Crippen molar-refractivity contribution < 1.29 is 0 Å². The summed E-state index contributed by atoms with van der Waals surface area (Å²) in [7, 11) is 0. The van der Waals surface area contributed by atoms with Crippen LogP contribution < -0.4 is 0 Å². The van der Waals surface area contributed by atoms with Crippen LogP contribution in [0.15, 0.2) is 12.2 Å². The van der Waals surface area contributed by atoms with Crippen molar-refractivity contribution in [3.63, 3.8) is 0 Å². The second-order valence-electron chi connectivity index (χ2n) is 5.37. The van der Waals surface area contributed by atoms with Crippen molar-refractivity contribution in [2.24, 2.45) is 11.8 Å². The molecule has 0 aliphatic rings. The van der Waals surface area contributed by atoms with Crippen molar-refractivity contribution in [2.45, 2.75) is 79.1 Å². The minimum Gasteiger partial charge on any atom is -0.0993 e. The third kappa shape index (κ3) is 7.09. The van der Waals surface area contributed by atoms with E-state index in [1.807, 2.05) is 0 Å². The van der Waals surface area contributed by atoms with Gasteiger partial charge in [0.05, 0.1) is 0 Å². The Morgan fingerprint density at radius 2 is 1.19 bits per heavy atom. The molecule has 0 saturated carbocycles. The molecule has 0 heterocycles. The highest BCUT2D eigenvalue weighted by Crippen LogP contribution is 2.26. The van der Waals surface area contributed by atoms with Gasteiger partial charge >= 0.3 is 0 Å². The molecule has 96 valence electrons. The number of allylic oxidation sites excluding steroid dienone is 1. The van der Waals surface area contributed by atoms with Gasteiger partial charge < -0.3 is 0 Å². The van der Waals surface area contributed by atoms with Crippen LogP contribution in [0.25, 0.3) is 0 Å². The molecule has 0 saturated heterocycles. The van der Waals surface area contributed by atoms with E-state index < -0.39 is 0 Å². The van der Waals surface area contributed by atoms with Crippen LogP contribution in [0.1, 0.15) is 79.1 Å². The Hall–Kier alpha value is -0.260. The summed E-state index contributed by atoms with van der Waals surface area (Å²) in [5.74, 6) is 1.45. The summed E-state index contributed by atoms with van der Waals surface area (Å²) in [6, 6.07) is 0. The highest BCUT2D eigenvalue weighted by atomic mass is 14.2. The van der Waals surface area contributed by atoms with E-state index in [9.17, 15) is 0 Å². The van der Waals surface area contributed by atoms with Crippen LogP contribution in [0, 0.1) is 11.8 Å². The third-order valence-corrected chi connectivity index (χ3v) is 3.75. The van der Waals surface area contributed by atoms with Gasteiger partial charge in [-0.25, -0.2) is 0 Å². The number of unbranched alkanes of at least 4 members (excludes halogenated alkanes) is 4. The van der Waals surface area contributed by atoms with Crippen LogP contribution in [0.2, 0.25) is 0 Å². The average Bonchev–Trinajstić information content (AvgIpc) is 2.28. The van der Waals surface area contributed by atoms with Crippen LogP contribution in [-0.2, 0) is 0 Å².